The van der Waals surface area contributed by atoms with E-state index in [1.54, 1.807) is 30.3 Å². The van der Waals surface area contributed by atoms with Gasteiger partial charge in [0.05, 0.1) is 0 Å². The minimum atomic E-state index is -0.227. The summed E-state index contributed by atoms with van der Waals surface area (Å²) in [5, 5.41) is 1.18. The summed E-state index contributed by atoms with van der Waals surface area (Å²) in [7, 11) is 0. The summed E-state index contributed by atoms with van der Waals surface area (Å²) in [5.41, 5.74) is 4.26. The van der Waals surface area contributed by atoms with Crippen LogP contribution in [-0.2, 0) is 12.8 Å². The molecule has 20 heavy (non-hydrogen) atoms. The molecule has 5 heteroatoms. The van der Waals surface area contributed by atoms with Crippen LogP contribution in [0.15, 0.2) is 42.5 Å². The number of rotatable bonds is 5. The van der Waals surface area contributed by atoms with Crippen LogP contribution in [0.25, 0.3) is 0 Å². The number of benzene rings is 2. The highest BCUT2D eigenvalue weighted by atomic mass is 35.5. The molecule has 1 unspecified atom stereocenters. The summed E-state index contributed by atoms with van der Waals surface area (Å²) in [6.07, 6.45) is 1.09. The van der Waals surface area contributed by atoms with Gasteiger partial charge in [0.1, 0.15) is 5.82 Å². The lowest BCUT2D eigenvalue weighted by atomic mass is 9.99. The molecule has 0 aliphatic carbocycles. The third-order valence-electron chi connectivity index (χ3n) is 3.14. The molecule has 0 fully saturated rings. The largest absolute Gasteiger partial charge is 0.271 e. The van der Waals surface area contributed by atoms with E-state index in [9.17, 15) is 4.39 Å². The molecule has 0 aliphatic rings. The molecule has 2 aromatic carbocycles. The van der Waals surface area contributed by atoms with Crippen LogP contribution in [0.4, 0.5) is 4.39 Å². The van der Waals surface area contributed by atoms with E-state index in [-0.39, 0.29) is 11.9 Å². The van der Waals surface area contributed by atoms with Crippen LogP contribution in [-0.4, -0.2) is 6.04 Å². The summed E-state index contributed by atoms with van der Waals surface area (Å²) in [4.78, 5) is 0. The van der Waals surface area contributed by atoms with E-state index in [1.807, 2.05) is 6.07 Å². The van der Waals surface area contributed by atoms with Crippen molar-refractivity contribution in [1.29, 1.82) is 0 Å². The van der Waals surface area contributed by atoms with Crippen LogP contribution in [0.2, 0.25) is 10.0 Å². The standard InChI is InChI=1S/C15H15Cl2FN2/c16-12-6-5-10(14(17)9-12)7-13(20-19)8-11-3-1-2-4-15(11)18/h1-6,9,13,20H,7-8,19H2. The molecule has 2 rings (SSSR count). The molecule has 0 saturated heterocycles. The predicted molar refractivity (Wildman–Crippen MR) is 81.4 cm³/mol. The first-order valence-corrected chi connectivity index (χ1v) is 6.99. The van der Waals surface area contributed by atoms with Gasteiger partial charge in [-0.25, -0.2) is 4.39 Å². The number of hydrogen-bond acceptors (Lipinski definition) is 2. The maximum absolute atomic E-state index is 13.6. The van der Waals surface area contributed by atoms with Gasteiger partial charge in [0.2, 0.25) is 0 Å². The van der Waals surface area contributed by atoms with Crippen LogP contribution in [0, 0.1) is 5.82 Å². The summed E-state index contributed by atoms with van der Waals surface area (Å²) < 4.78 is 13.6. The maximum atomic E-state index is 13.6. The van der Waals surface area contributed by atoms with Crippen LogP contribution in [0.3, 0.4) is 0 Å². The van der Waals surface area contributed by atoms with E-state index < -0.39 is 0 Å². The van der Waals surface area contributed by atoms with Crippen molar-refractivity contribution in [3.05, 3.63) is 69.5 Å². The first-order valence-electron chi connectivity index (χ1n) is 6.23. The Kier molecular flexibility index (Phi) is 5.38. The maximum Gasteiger partial charge on any atom is 0.126 e. The lowest BCUT2D eigenvalue weighted by Crippen LogP contribution is -2.38. The van der Waals surface area contributed by atoms with Gasteiger partial charge in [-0.2, -0.15) is 0 Å². The number of hydrogen-bond donors (Lipinski definition) is 2. The molecule has 3 N–H and O–H groups in total. The van der Waals surface area contributed by atoms with Gasteiger partial charge in [-0.05, 0) is 42.2 Å². The molecular formula is C15H15Cl2FN2. The van der Waals surface area contributed by atoms with Crippen LogP contribution in [0.5, 0.6) is 0 Å². The van der Waals surface area contributed by atoms with Gasteiger partial charge < -0.3 is 0 Å². The summed E-state index contributed by atoms with van der Waals surface area (Å²) in [6.45, 7) is 0. The van der Waals surface area contributed by atoms with Gasteiger partial charge in [0.25, 0.3) is 0 Å². The Morgan fingerprint density at radius 1 is 1.05 bits per heavy atom. The fraction of sp³-hybridized carbons (Fsp3) is 0.200. The molecule has 2 aromatic rings. The quantitative estimate of drug-likeness (QED) is 0.652. The van der Waals surface area contributed by atoms with Crippen molar-refractivity contribution in [2.45, 2.75) is 18.9 Å². The second-order valence-corrected chi connectivity index (χ2v) is 5.44. The van der Waals surface area contributed by atoms with Gasteiger partial charge >= 0.3 is 0 Å². The summed E-state index contributed by atoms with van der Waals surface area (Å²) >= 11 is 12.0. The van der Waals surface area contributed by atoms with Gasteiger partial charge in [0, 0.05) is 16.1 Å². The van der Waals surface area contributed by atoms with Gasteiger partial charge in [-0.1, -0.05) is 47.5 Å². The molecule has 0 aliphatic heterocycles. The first-order chi connectivity index (χ1) is 9.60. The minimum Gasteiger partial charge on any atom is -0.271 e. The molecule has 0 radical (unpaired) electrons. The molecule has 0 bridgehead atoms. The lowest BCUT2D eigenvalue weighted by molar-refractivity contribution is 0.506. The molecule has 0 aromatic heterocycles. The molecule has 0 spiro atoms. The zero-order valence-electron chi connectivity index (χ0n) is 10.7. The number of nitrogens with two attached hydrogens (primary N) is 1. The van der Waals surface area contributed by atoms with E-state index in [4.69, 9.17) is 29.0 Å². The highest BCUT2D eigenvalue weighted by Gasteiger charge is 2.13. The Balaban J connectivity index is 2.11. The average Bonchev–Trinajstić information content (AvgIpc) is 2.43. The number of nitrogens with one attached hydrogen (secondary N) is 1. The van der Waals surface area contributed by atoms with Crippen molar-refractivity contribution < 1.29 is 4.39 Å². The highest BCUT2D eigenvalue weighted by molar-refractivity contribution is 6.35. The van der Waals surface area contributed by atoms with Gasteiger partial charge in [-0.3, -0.25) is 11.3 Å². The van der Waals surface area contributed by atoms with Crippen molar-refractivity contribution in [2.75, 3.05) is 0 Å². The van der Waals surface area contributed by atoms with E-state index in [0.29, 0.717) is 28.5 Å². The normalized spacial score (nSPS) is 12.4. The second kappa shape index (κ2) is 7.04. The van der Waals surface area contributed by atoms with E-state index >= 15 is 0 Å². The first kappa shape index (κ1) is 15.3. The lowest BCUT2D eigenvalue weighted by Gasteiger charge is -2.17. The smallest absolute Gasteiger partial charge is 0.126 e. The molecule has 0 saturated carbocycles. The zero-order chi connectivity index (χ0) is 14.5. The van der Waals surface area contributed by atoms with Gasteiger partial charge in [-0.15, -0.1) is 0 Å². The fourth-order valence-corrected chi connectivity index (χ4v) is 2.56. The highest BCUT2D eigenvalue weighted by Crippen LogP contribution is 2.23. The summed E-state index contributed by atoms with van der Waals surface area (Å²) in [5.74, 6) is 5.33. The Bertz CT molecular complexity index is 590. The zero-order valence-corrected chi connectivity index (χ0v) is 12.3. The Hall–Kier alpha value is -1.13. The Morgan fingerprint density at radius 3 is 2.40 bits per heavy atom. The third-order valence-corrected chi connectivity index (χ3v) is 3.73. The third kappa shape index (κ3) is 3.93. The van der Waals surface area contributed by atoms with Gasteiger partial charge in [0.15, 0.2) is 0 Å². The van der Waals surface area contributed by atoms with Crippen molar-refractivity contribution in [3.8, 4) is 0 Å². The molecule has 1 atom stereocenters. The van der Waals surface area contributed by atoms with Crippen LogP contribution in [0.1, 0.15) is 11.1 Å². The van der Waals surface area contributed by atoms with E-state index in [2.05, 4.69) is 5.43 Å². The van der Waals surface area contributed by atoms with Crippen LogP contribution < -0.4 is 11.3 Å². The number of halogens is 3. The van der Waals surface area contributed by atoms with E-state index in [1.165, 1.54) is 6.07 Å². The average molecular weight is 313 g/mol. The van der Waals surface area contributed by atoms with Crippen molar-refractivity contribution >= 4 is 23.2 Å². The molecule has 2 nitrogen and oxygen atoms in total. The van der Waals surface area contributed by atoms with Crippen molar-refractivity contribution in [3.63, 3.8) is 0 Å². The summed E-state index contributed by atoms with van der Waals surface area (Å²) in [6, 6.07) is 11.9. The Morgan fingerprint density at radius 2 is 1.75 bits per heavy atom. The topological polar surface area (TPSA) is 38.0 Å². The van der Waals surface area contributed by atoms with Crippen LogP contribution >= 0.6 is 23.2 Å². The molecule has 0 heterocycles. The minimum absolute atomic E-state index is 0.106. The molecule has 0 amide bonds. The predicted octanol–water partition coefficient (Wildman–Crippen LogP) is 3.75. The van der Waals surface area contributed by atoms with Crippen molar-refractivity contribution in [1.82, 2.24) is 5.43 Å². The molecular weight excluding hydrogens is 298 g/mol. The number of hydrazine groups is 1. The SMILES string of the molecule is NNC(Cc1ccccc1F)Cc1ccc(Cl)cc1Cl. The van der Waals surface area contributed by atoms with E-state index in [0.717, 1.165) is 5.56 Å². The van der Waals surface area contributed by atoms with Crippen molar-refractivity contribution in [2.24, 2.45) is 5.84 Å². The second-order valence-electron chi connectivity index (χ2n) is 4.60. The molecule has 106 valence electrons. The Labute approximate surface area is 127 Å². The monoisotopic (exact) mass is 312 g/mol. The fourth-order valence-electron chi connectivity index (χ4n) is 2.07.